The molecule has 0 fully saturated rings. The number of nitrogens with one attached hydrogen (secondary N) is 7. The summed E-state index contributed by atoms with van der Waals surface area (Å²) in [5.41, 5.74) is 11.5. The van der Waals surface area contributed by atoms with Gasteiger partial charge in [0.2, 0.25) is 35.4 Å². The minimum atomic E-state index is -1.21. The zero-order chi connectivity index (χ0) is 34.5. The van der Waals surface area contributed by atoms with Crippen molar-refractivity contribution in [3.8, 4) is 0 Å². The number of amides is 6. The summed E-state index contributed by atoms with van der Waals surface area (Å²) in [7, 11) is 0. The smallest absolute Gasteiger partial charge is 0.326 e. The predicted octanol–water partition coefficient (Wildman–Crippen LogP) is -4.02. The Hall–Kier alpha value is -3.88. The molecule has 0 saturated heterocycles. The van der Waals surface area contributed by atoms with E-state index in [0.29, 0.717) is 30.8 Å². The standard InChI is InChI=1S/C26H44N10O8S2/c1-46-7-5-17(24(41)32-10-20(37)30-11-21(38)34-18(26(43)44)4-2-3-6-27)36-25(42)19(8-15-9-29-14-33-15)35-22(39)12-31-23(40)16(28)13-45/h9,14,16-19,45H,2-8,10-13,27-28H2,1H3,(H,29,33)(H,30,37)(H,31,40)(H,32,41)(H,34,38)(H,35,39)(H,36,42)(H,43,44)/t16-,17-,18-,19-/m0/s1. The molecule has 0 radical (unpaired) electrons. The van der Waals surface area contributed by atoms with Crippen molar-refractivity contribution in [1.82, 2.24) is 41.9 Å². The Bertz CT molecular complexity index is 1160. The molecule has 1 aromatic rings. The number of hydrogen-bond acceptors (Lipinski definition) is 12. The summed E-state index contributed by atoms with van der Waals surface area (Å²) in [6.07, 6.45) is 6.10. The molecular weight excluding hydrogens is 644 g/mol. The van der Waals surface area contributed by atoms with Crippen LogP contribution in [0.25, 0.3) is 0 Å². The lowest BCUT2D eigenvalue weighted by Crippen LogP contribution is -2.56. The third kappa shape index (κ3) is 16.4. The minimum absolute atomic E-state index is 0.0151. The molecule has 0 aromatic carbocycles. The molecule has 1 rings (SSSR count). The van der Waals surface area contributed by atoms with Crippen molar-refractivity contribution in [3.63, 3.8) is 0 Å². The Morgan fingerprint density at radius 3 is 2.09 bits per heavy atom. The van der Waals surface area contributed by atoms with E-state index < -0.39 is 85.2 Å². The number of carbonyl (C=O) groups excluding carboxylic acids is 6. The molecule has 258 valence electrons. The van der Waals surface area contributed by atoms with Crippen LogP contribution in [0.2, 0.25) is 0 Å². The lowest BCUT2D eigenvalue weighted by Gasteiger charge is -2.23. The second-order valence-corrected chi connectivity index (χ2v) is 11.3. The van der Waals surface area contributed by atoms with E-state index in [1.54, 1.807) is 6.26 Å². The van der Waals surface area contributed by atoms with Gasteiger partial charge in [0.15, 0.2) is 0 Å². The highest BCUT2D eigenvalue weighted by atomic mass is 32.2. The highest BCUT2D eigenvalue weighted by Gasteiger charge is 2.28. The van der Waals surface area contributed by atoms with E-state index in [-0.39, 0.29) is 25.0 Å². The van der Waals surface area contributed by atoms with Crippen LogP contribution >= 0.6 is 24.4 Å². The Kier molecular flexibility index (Phi) is 19.7. The van der Waals surface area contributed by atoms with E-state index in [0.717, 1.165) is 0 Å². The first-order valence-corrected chi connectivity index (χ1v) is 16.4. The average molecular weight is 689 g/mol. The van der Waals surface area contributed by atoms with Crippen LogP contribution in [0.1, 0.15) is 31.4 Å². The van der Waals surface area contributed by atoms with Gasteiger partial charge in [0.1, 0.15) is 18.1 Å². The molecule has 20 heteroatoms. The molecule has 1 aromatic heterocycles. The lowest BCUT2D eigenvalue weighted by atomic mass is 10.1. The number of aromatic nitrogens is 2. The summed E-state index contributed by atoms with van der Waals surface area (Å²) in [6.45, 7) is -1.11. The maximum Gasteiger partial charge on any atom is 0.326 e. The maximum absolute atomic E-state index is 13.3. The molecule has 12 N–H and O–H groups in total. The highest BCUT2D eigenvalue weighted by molar-refractivity contribution is 7.98. The van der Waals surface area contributed by atoms with Gasteiger partial charge in [-0.25, -0.2) is 9.78 Å². The first-order valence-electron chi connectivity index (χ1n) is 14.4. The third-order valence-electron chi connectivity index (χ3n) is 6.28. The van der Waals surface area contributed by atoms with Crippen LogP contribution in [0, 0.1) is 0 Å². The van der Waals surface area contributed by atoms with Crippen LogP contribution < -0.4 is 43.4 Å². The summed E-state index contributed by atoms with van der Waals surface area (Å²) < 4.78 is 0. The Balaban J connectivity index is 2.76. The molecule has 0 aliphatic carbocycles. The van der Waals surface area contributed by atoms with Gasteiger partial charge in [-0.1, -0.05) is 0 Å². The monoisotopic (exact) mass is 688 g/mol. The molecule has 6 amide bonds. The summed E-state index contributed by atoms with van der Waals surface area (Å²) >= 11 is 5.35. The van der Waals surface area contributed by atoms with Gasteiger partial charge in [-0.2, -0.15) is 24.4 Å². The van der Waals surface area contributed by atoms with Gasteiger partial charge in [-0.05, 0) is 44.2 Å². The molecular formula is C26H44N10O8S2. The molecule has 0 saturated carbocycles. The molecule has 1 heterocycles. The molecule has 0 aliphatic rings. The number of imidazole rings is 1. The molecule has 46 heavy (non-hydrogen) atoms. The second kappa shape index (κ2) is 22.6. The fourth-order valence-corrected chi connectivity index (χ4v) is 4.39. The van der Waals surface area contributed by atoms with Crippen LogP contribution in [-0.4, -0.2) is 125 Å². The van der Waals surface area contributed by atoms with Crippen molar-refractivity contribution in [2.24, 2.45) is 11.5 Å². The van der Waals surface area contributed by atoms with Crippen molar-refractivity contribution < 1.29 is 38.7 Å². The topological polar surface area (TPSA) is 293 Å². The first-order chi connectivity index (χ1) is 21.9. The summed E-state index contributed by atoms with van der Waals surface area (Å²) in [4.78, 5) is 93.2. The zero-order valence-electron chi connectivity index (χ0n) is 25.5. The van der Waals surface area contributed by atoms with Gasteiger partial charge >= 0.3 is 5.97 Å². The number of carboxylic acids is 1. The normalized spacial score (nSPS) is 13.3. The highest BCUT2D eigenvalue weighted by Crippen LogP contribution is 2.05. The van der Waals surface area contributed by atoms with Crippen LogP contribution in [0.3, 0.4) is 0 Å². The molecule has 0 spiro atoms. The Labute approximate surface area is 275 Å². The average Bonchev–Trinajstić information content (AvgIpc) is 3.55. The predicted molar refractivity (Wildman–Crippen MR) is 172 cm³/mol. The fraction of sp³-hybridized carbons (Fsp3) is 0.615. The minimum Gasteiger partial charge on any atom is -0.480 e. The molecule has 0 unspecified atom stereocenters. The number of hydrogen-bond donors (Lipinski definition) is 11. The van der Waals surface area contributed by atoms with E-state index in [1.165, 1.54) is 24.3 Å². The van der Waals surface area contributed by atoms with Crippen molar-refractivity contribution in [3.05, 3.63) is 18.2 Å². The van der Waals surface area contributed by atoms with Crippen LogP contribution in [-0.2, 0) is 40.0 Å². The molecule has 0 bridgehead atoms. The first kappa shape index (κ1) is 40.1. The third-order valence-corrected chi connectivity index (χ3v) is 7.32. The van der Waals surface area contributed by atoms with Gasteiger partial charge in [0.25, 0.3) is 0 Å². The number of unbranched alkanes of at least 4 members (excludes halogenated alkanes) is 1. The summed E-state index contributed by atoms with van der Waals surface area (Å²) in [6, 6.07) is -4.31. The van der Waals surface area contributed by atoms with Gasteiger partial charge in [-0.3, -0.25) is 28.8 Å². The van der Waals surface area contributed by atoms with Gasteiger partial charge in [-0.15, -0.1) is 0 Å². The quantitative estimate of drug-likeness (QED) is 0.0387. The molecule has 18 nitrogen and oxygen atoms in total. The number of aliphatic carboxylic acids is 1. The maximum atomic E-state index is 13.3. The van der Waals surface area contributed by atoms with Gasteiger partial charge in [0.05, 0.1) is 32.0 Å². The molecule has 0 aliphatic heterocycles. The number of thioether (sulfide) groups is 1. The molecule has 4 atom stereocenters. The summed E-state index contributed by atoms with van der Waals surface area (Å²) in [5.74, 6) is -4.80. The van der Waals surface area contributed by atoms with E-state index >= 15 is 0 Å². The van der Waals surface area contributed by atoms with E-state index in [2.05, 4.69) is 54.5 Å². The van der Waals surface area contributed by atoms with E-state index in [9.17, 15) is 38.7 Å². The van der Waals surface area contributed by atoms with Crippen molar-refractivity contribution in [1.29, 1.82) is 0 Å². The van der Waals surface area contributed by atoms with Crippen LogP contribution in [0.4, 0.5) is 0 Å². The number of nitrogens with zero attached hydrogens (tertiary/aromatic N) is 1. The number of H-pyrrole nitrogens is 1. The number of carbonyl (C=O) groups is 7. The second-order valence-electron chi connectivity index (χ2n) is 9.99. The largest absolute Gasteiger partial charge is 0.480 e. The van der Waals surface area contributed by atoms with Crippen LogP contribution in [0.15, 0.2) is 12.5 Å². The van der Waals surface area contributed by atoms with Crippen molar-refractivity contribution >= 4 is 65.8 Å². The zero-order valence-corrected chi connectivity index (χ0v) is 27.2. The van der Waals surface area contributed by atoms with Gasteiger partial charge in [0, 0.05) is 24.1 Å². The summed E-state index contributed by atoms with van der Waals surface area (Å²) in [5, 5.41) is 23.8. The fourth-order valence-electron chi connectivity index (χ4n) is 3.76. The number of rotatable bonds is 23. The number of thiol groups is 1. The number of aromatic amines is 1. The van der Waals surface area contributed by atoms with Crippen LogP contribution in [0.5, 0.6) is 0 Å². The number of nitrogens with two attached hydrogens (primary N) is 2. The SMILES string of the molecule is CSCC[C@H](NC(=O)[C@H](Cc1cnc[nH]1)NC(=O)CNC(=O)[C@@H](N)CS)C(=O)NCC(=O)NCC(=O)N[C@@H](CCCCN)C(=O)O. The number of carboxylic acid groups (broad SMARTS) is 1. The van der Waals surface area contributed by atoms with E-state index in [4.69, 9.17) is 11.5 Å². The lowest BCUT2D eigenvalue weighted by molar-refractivity contribution is -0.142. The Morgan fingerprint density at radius 2 is 1.50 bits per heavy atom. The Morgan fingerprint density at radius 1 is 0.870 bits per heavy atom. The van der Waals surface area contributed by atoms with Gasteiger partial charge < -0.3 is 53.5 Å². The van der Waals surface area contributed by atoms with E-state index in [1.807, 2.05) is 0 Å². The van der Waals surface area contributed by atoms with Crippen molar-refractivity contribution in [2.75, 3.05) is 43.9 Å². The van der Waals surface area contributed by atoms with Crippen molar-refractivity contribution in [2.45, 2.75) is 56.3 Å².